The zero-order valence-corrected chi connectivity index (χ0v) is 17.4. The fourth-order valence-electron chi connectivity index (χ4n) is 3.40. The number of hydrogen-bond acceptors (Lipinski definition) is 4. The van der Waals surface area contributed by atoms with Gasteiger partial charge in [0.2, 0.25) is 5.91 Å². The van der Waals surface area contributed by atoms with E-state index < -0.39 is 0 Å². The van der Waals surface area contributed by atoms with Crippen LogP contribution in [-0.2, 0) is 17.8 Å². The monoisotopic (exact) mass is 434 g/mol. The molecule has 7 heteroatoms. The molecule has 1 aliphatic rings. The predicted molar refractivity (Wildman–Crippen MR) is 118 cm³/mol. The van der Waals surface area contributed by atoms with Crippen molar-refractivity contribution in [2.75, 3.05) is 18.5 Å². The van der Waals surface area contributed by atoms with Gasteiger partial charge in [0.15, 0.2) is 0 Å². The number of hydrogen-bond donors (Lipinski definition) is 2. The van der Waals surface area contributed by atoms with Crippen molar-refractivity contribution in [3.8, 4) is 11.5 Å². The molecule has 2 N–H and O–H groups in total. The number of carbonyl (C=O) groups is 2. The lowest BCUT2D eigenvalue weighted by Gasteiger charge is -2.17. The minimum absolute atomic E-state index is 0.0239. The van der Waals surface area contributed by atoms with Crippen molar-refractivity contribution in [1.29, 1.82) is 0 Å². The summed E-state index contributed by atoms with van der Waals surface area (Å²) in [7, 11) is 0. The van der Waals surface area contributed by atoms with E-state index in [0.717, 1.165) is 16.8 Å². The Labute approximate surface area is 185 Å². The summed E-state index contributed by atoms with van der Waals surface area (Å²) in [4.78, 5) is 24.1. The van der Waals surface area contributed by atoms with Crippen LogP contribution in [0.1, 0.15) is 27.9 Å². The third-order valence-electron chi connectivity index (χ3n) is 5.07. The average molecular weight is 434 g/mol. The molecule has 0 aliphatic carbocycles. The lowest BCUT2D eigenvalue weighted by Crippen LogP contribution is -2.28. The highest BCUT2D eigenvalue weighted by Gasteiger charge is 2.15. The fraction of sp³-hybridized carbons (Fsp3) is 0.200. The van der Waals surface area contributed by atoms with Crippen LogP contribution in [0.25, 0.3) is 0 Å². The van der Waals surface area contributed by atoms with E-state index in [1.54, 1.807) is 42.5 Å². The number of carbonyl (C=O) groups excluding carboxylic acids is 2. The van der Waals surface area contributed by atoms with Crippen LogP contribution < -0.4 is 20.1 Å². The number of anilines is 1. The normalized spacial score (nSPS) is 12.5. The summed E-state index contributed by atoms with van der Waals surface area (Å²) in [6, 6.07) is 18.5. The Morgan fingerprint density at radius 2 is 1.81 bits per heavy atom. The van der Waals surface area contributed by atoms with Crippen LogP contribution in [0.3, 0.4) is 0 Å². The van der Waals surface area contributed by atoms with E-state index in [4.69, 9.17) is 9.47 Å². The summed E-state index contributed by atoms with van der Waals surface area (Å²) in [6.07, 6.45) is 1.15. The fourth-order valence-corrected chi connectivity index (χ4v) is 3.40. The van der Waals surface area contributed by atoms with Gasteiger partial charge in [-0.1, -0.05) is 24.3 Å². The molecule has 0 radical (unpaired) electrons. The van der Waals surface area contributed by atoms with Gasteiger partial charge in [0.25, 0.3) is 5.91 Å². The van der Waals surface area contributed by atoms with Gasteiger partial charge in [-0.3, -0.25) is 9.59 Å². The van der Waals surface area contributed by atoms with Crippen molar-refractivity contribution in [3.63, 3.8) is 0 Å². The molecule has 0 saturated heterocycles. The van der Waals surface area contributed by atoms with Crippen LogP contribution in [-0.4, -0.2) is 25.0 Å². The van der Waals surface area contributed by atoms with Gasteiger partial charge in [0, 0.05) is 12.1 Å². The summed E-state index contributed by atoms with van der Waals surface area (Å²) < 4.78 is 24.6. The van der Waals surface area contributed by atoms with E-state index in [9.17, 15) is 14.0 Å². The molecule has 1 heterocycles. The molecule has 0 atom stereocenters. The minimum Gasteiger partial charge on any atom is -0.492 e. The maximum absolute atomic E-state index is 13.0. The van der Waals surface area contributed by atoms with Gasteiger partial charge in [-0.05, 0) is 60.0 Å². The molecule has 164 valence electrons. The lowest BCUT2D eigenvalue weighted by atomic mass is 10.0. The molecule has 0 unspecified atom stereocenters. The number of amides is 2. The van der Waals surface area contributed by atoms with Gasteiger partial charge in [-0.25, -0.2) is 4.39 Å². The zero-order chi connectivity index (χ0) is 22.3. The Hall–Kier alpha value is -3.87. The van der Waals surface area contributed by atoms with Crippen LogP contribution in [0, 0.1) is 5.82 Å². The number of fused-ring (bicyclic) bond motifs is 1. The number of nitrogens with one attached hydrogen (secondary N) is 2. The van der Waals surface area contributed by atoms with Crippen molar-refractivity contribution >= 4 is 17.5 Å². The molecular formula is C25H23FN2O4. The van der Waals surface area contributed by atoms with E-state index in [2.05, 4.69) is 10.6 Å². The molecule has 0 bridgehead atoms. The van der Waals surface area contributed by atoms with E-state index in [1.807, 2.05) is 12.1 Å². The van der Waals surface area contributed by atoms with Crippen molar-refractivity contribution < 1.29 is 23.5 Å². The Kier molecular flexibility index (Phi) is 6.65. The maximum Gasteiger partial charge on any atom is 0.255 e. The van der Waals surface area contributed by atoms with Gasteiger partial charge in [0.05, 0.1) is 12.1 Å². The number of ether oxygens (including phenoxy) is 2. The van der Waals surface area contributed by atoms with Gasteiger partial charge in [0.1, 0.15) is 30.5 Å². The molecule has 6 nitrogen and oxygen atoms in total. The molecule has 1 aliphatic heterocycles. The lowest BCUT2D eigenvalue weighted by molar-refractivity contribution is -0.116. The molecule has 0 aromatic heterocycles. The first kappa shape index (κ1) is 21.4. The van der Waals surface area contributed by atoms with Gasteiger partial charge in [-0.15, -0.1) is 0 Å². The topological polar surface area (TPSA) is 76.7 Å². The van der Waals surface area contributed by atoms with E-state index in [-0.39, 0.29) is 24.2 Å². The number of benzene rings is 3. The van der Waals surface area contributed by atoms with E-state index in [0.29, 0.717) is 43.1 Å². The van der Waals surface area contributed by atoms with Crippen molar-refractivity contribution in [3.05, 3.63) is 89.2 Å². The highest BCUT2D eigenvalue weighted by molar-refractivity contribution is 5.97. The van der Waals surface area contributed by atoms with E-state index >= 15 is 0 Å². The molecule has 0 fully saturated rings. The van der Waals surface area contributed by atoms with Gasteiger partial charge >= 0.3 is 0 Å². The Balaban J connectivity index is 1.28. The second-order valence-electron chi connectivity index (χ2n) is 7.38. The van der Waals surface area contributed by atoms with Crippen LogP contribution in [0.15, 0.2) is 66.7 Å². The molecule has 3 aromatic rings. The Bertz CT molecular complexity index is 1120. The number of para-hydroxylation sites is 1. The number of aryl methyl sites for hydroxylation is 1. The quantitative estimate of drug-likeness (QED) is 0.524. The molecule has 2 amide bonds. The van der Waals surface area contributed by atoms with Crippen molar-refractivity contribution in [2.45, 2.75) is 19.4 Å². The predicted octanol–water partition coefficient (Wildman–Crippen LogP) is 4.10. The number of rotatable bonds is 8. The smallest absolute Gasteiger partial charge is 0.255 e. The summed E-state index contributed by atoms with van der Waals surface area (Å²) in [5.74, 6) is 0.592. The SMILES string of the molecule is O=C1CCc2cc(OCCNC(=O)c3ccccc3OCc3ccc(F)cc3)ccc2N1. The first-order valence-electron chi connectivity index (χ1n) is 10.4. The van der Waals surface area contributed by atoms with Crippen LogP contribution in [0.2, 0.25) is 0 Å². The summed E-state index contributed by atoms with van der Waals surface area (Å²) in [6.45, 7) is 0.848. The van der Waals surface area contributed by atoms with Crippen LogP contribution >= 0.6 is 0 Å². The largest absolute Gasteiger partial charge is 0.492 e. The van der Waals surface area contributed by atoms with Gasteiger partial charge < -0.3 is 20.1 Å². The second kappa shape index (κ2) is 9.96. The zero-order valence-electron chi connectivity index (χ0n) is 17.4. The van der Waals surface area contributed by atoms with Crippen molar-refractivity contribution in [2.24, 2.45) is 0 Å². The molecular weight excluding hydrogens is 411 g/mol. The van der Waals surface area contributed by atoms with Crippen LogP contribution in [0.5, 0.6) is 11.5 Å². The molecule has 0 saturated carbocycles. The first-order chi connectivity index (χ1) is 15.6. The summed E-state index contributed by atoms with van der Waals surface area (Å²) in [5, 5.41) is 5.67. The standard InChI is InChI=1S/C25H23FN2O4/c26-19-8-5-17(6-9-19)16-32-23-4-2-1-3-21(23)25(30)27-13-14-31-20-10-11-22-18(15-20)7-12-24(29)28-22/h1-6,8-11,15H,7,12-14,16H2,(H,27,30)(H,28,29). The third-order valence-corrected chi connectivity index (χ3v) is 5.07. The van der Waals surface area contributed by atoms with Gasteiger partial charge in [-0.2, -0.15) is 0 Å². The average Bonchev–Trinajstić information content (AvgIpc) is 2.81. The highest BCUT2D eigenvalue weighted by atomic mass is 19.1. The van der Waals surface area contributed by atoms with Crippen LogP contribution in [0.4, 0.5) is 10.1 Å². The number of halogens is 1. The first-order valence-corrected chi connectivity index (χ1v) is 10.4. The maximum atomic E-state index is 13.0. The van der Waals surface area contributed by atoms with Crippen molar-refractivity contribution in [1.82, 2.24) is 5.32 Å². The highest BCUT2D eigenvalue weighted by Crippen LogP contribution is 2.26. The molecule has 3 aromatic carbocycles. The molecule has 32 heavy (non-hydrogen) atoms. The molecule has 4 rings (SSSR count). The third kappa shape index (κ3) is 5.43. The van der Waals surface area contributed by atoms with E-state index in [1.165, 1.54) is 12.1 Å². The summed E-state index contributed by atoms with van der Waals surface area (Å²) >= 11 is 0. The Morgan fingerprint density at radius 3 is 2.66 bits per heavy atom. The Morgan fingerprint density at radius 1 is 1.00 bits per heavy atom. The summed E-state index contributed by atoms with van der Waals surface area (Å²) in [5.41, 5.74) is 3.08. The molecule has 0 spiro atoms. The minimum atomic E-state index is -0.307. The second-order valence-corrected chi connectivity index (χ2v) is 7.38.